The monoisotopic (exact) mass is 1710 g/mol. The standard InChI is InChI=1S/C41H24N2O.2C41H24N2S/c2*1-2-10-27-24-35-33(22-26(27)9-1)34-23-28(19-20-37(34)43-38-17-5-4-16-36(38)42-41(35)43)25-11-7-12-29(21-25)30-14-8-15-32-31-13-3-6-18-39(31)44-40(30)32;1-2-8-28-24-35-32(21-27(28)7-1)33-22-29(17-19-37(33)43-38-11-5-4-10-36(38)42-41(35)43)25-13-15-26(16-14-25)30-18-20-40-34(23-30)31-9-3-6-12-39(31)44-40/h3*1-24H. The van der Waals surface area contributed by atoms with Gasteiger partial charge in [-0.25, -0.2) is 15.0 Å². The van der Waals surface area contributed by atoms with E-state index in [2.05, 4.69) is 438 Å². The Morgan fingerprint density at radius 3 is 0.992 bits per heavy atom. The lowest BCUT2D eigenvalue weighted by atomic mass is 9.95. The van der Waals surface area contributed by atoms with E-state index in [1.165, 1.54) is 182 Å². The highest BCUT2D eigenvalue weighted by atomic mass is 32.1. The van der Waals surface area contributed by atoms with Crippen molar-refractivity contribution in [1.29, 1.82) is 0 Å². The fourth-order valence-electron chi connectivity index (χ4n) is 21.1. The molecule has 0 unspecified atom stereocenters. The lowest BCUT2D eigenvalue weighted by Crippen LogP contribution is -1.93. The Hall–Kier alpha value is -17.0. The van der Waals surface area contributed by atoms with Crippen molar-refractivity contribution in [3.05, 3.63) is 437 Å². The molecular weight excluding hydrogens is 1640 g/mol. The third-order valence-corrected chi connectivity index (χ3v) is 29.8. The van der Waals surface area contributed by atoms with Crippen molar-refractivity contribution in [2.75, 3.05) is 0 Å². The SMILES string of the molecule is c1cc(-c2ccc3c(c2)c2cc4ccccc4cc2c2nc4ccccc4n32)cc(-c2cccc3c2oc2ccccc23)c1.c1cc(-c2ccc3c(c2)c2cc4ccccc4cc2c2nc4ccccc4n32)cc(-c2cccc3c2sc2ccccc23)c1.c1ccc2cc3c(cc2c1)c1cc(-c2ccc(-c4ccc5sc6ccccc6c5c4)cc2)ccc1n1c2ccccc2nc31. The topological polar surface area (TPSA) is 65.0 Å². The maximum Gasteiger partial charge on any atom is 0.146 e. The highest BCUT2D eigenvalue weighted by molar-refractivity contribution is 7.26. The number of para-hydroxylation sites is 8. The van der Waals surface area contributed by atoms with Crippen LogP contribution < -0.4 is 0 Å². The van der Waals surface area contributed by atoms with Gasteiger partial charge in [-0.15, -0.1) is 22.7 Å². The maximum atomic E-state index is 6.38. The number of imidazole rings is 3. The molecule has 0 spiro atoms. The summed E-state index contributed by atoms with van der Waals surface area (Å²) < 4.78 is 18.7. The number of hydrogen-bond donors (Lipinski definition) is 0. The average molecular weight is 1710 g/mol. The summed E-state index contributed by atoms with van der Waals surface area (Å²) in [5, 5.41) is 25.9. The molecule has 0 saturated carbocycles. The van der Waals surface area contributed by atoms with Crippen LogP contribution in [0.5, 0.6) is 0 Å². The van der Waals surface area contributed by atoms with Crippen LogP contribution in [-0.4, -0.2) is 28.2 Å². The van der Waals surface area contributed by atoms with Gasteiger partial charge in [0, 0.05) is 89.0 Å². The molecule has 0 aliphatic heterocycles. The minimum Gasteiger partial charge on any atom is -0.455 e. The van der Waals surface area contributed by atoms with Crippen LogP contribution in [0.1, 0.15) is 0 Å². The van der Waals surface area contributed by atoms with Crippen LogP contribution in [-0.2, 0) is 0 Å². The van der Waals surface area contributed by atoms with E-state index in [1.807, 2.05) is 34.8 Å². The third kappa shape index (κ3) is 11.7. The van der Waals surface area contributed by atoms with Crippen molar-refractivity contribution in [1.82, 2.24) is 28.2 Å². The van der Waals surface area contributed by atoms with E-state index >= 15 is 0 Å². The van der Waals surface area contributed by atoms with Crippen LogP contribution >= 0.6 is 22.7 Å². The lowest BCUT2D eigenvalue weighted by molar-refractivity contribution is 0.670. The van der Waals surface area contributed by atoms with E-state index in [0.717, 1.165) is 94.0 Å². The molecule has 132 heavy (non-hydrogen) atoms. The lowest BCUT2D eigenvalue weighted by Gasteiger charge is -2.13. The zero-order valence-electron chi connectivity index (χ0n) is 71.0. The van der Waals surface area contributed by atoms with Crippen LogP contribution in [0.2, 0.25) is 0 Å². The summed E-state index contributed by atoms with van der Waals surface area (Å²) in [6.07, 6.45) is 0. The largest absolute Gasteiger partial charge is 0.455 e. The summed E-state index contributed by atoms with van der Waals surface area (Å²) in [7, 11) is 0. The van der Waals surface area contributed by atoms with Crippen molar-refractivity contribution in [2.24, 2.45) is 0 Å². The fourth-order valence-corrected chi connectivity index (χ4v) is 23.4. The first-order valence-electron chi connectivity index (χ1n) is 44.9. The second-order valence-corrected chi connectivity index (χ2v) is 37.0. The van der Waals surface area contributed by atoms with E-state index in [9.17, 15) is 0 Å². The molecule has 9 heteroatoms. The highest BCUT2D eigenvalue weighted by Crippen LogP contribution is 2.47. The third-order valence-electron chi connectivity index (χ3n) is 27.4. The van der Waals surface area contributed by atoms with E-state index in [4.69, 9.17) is 19.4 Å². The second kappa shape index (κ2) is 29.3. The first-order valence-corrected chi connectivity index (χ1v) is 46.5. The van der Waals surface area contributed by atoms with Crippen molar-refractivity contribution in [3.63, 3.8) is 0 Å². The molecular formula is C123H72N6OS2. The highest BCUT2D eigenvalue weighted by Gasteiger charge is 2.23. The fraction of sp³-hybridized carbons (Fsp3) is 0. The molecule has 0 N–H and O–H groups in total. The van der Waals surface area contributed by atoms with Crippen molar-refractivity contribution >= 4 is 232 Å². The molecule has 30 rings (SSSR count). The molecule has 21 aromatic carbocycles. The molecule has 9 heterocycles. The number of benzene rings is 21. The molecule has 0 aliphatic carbocycles. The number of aromatic nitrogens is 6. The Kier molecular flexibility index (Phi) is 16.5. The van der Waals surface area contributed by atoms with Crippen LogP contribution in [0.15, 0.2) is 441 Å². The number of thiophene rings is 2. The number of rotatable bonds is 6. The summed E-state index contributed by atoms with van der Waals surface area (Å²) in [6.45, 7) is 0. The van der Waals surface area contributed by atoms with Crippen molar-refractivity contribution < 1.29 is 4.42 Å². The van der Waals surface area contributed by atoms with Crippen LogP contribution in [0.4, 0.5) is 0 Å². The summed E-state index contributed by atoms with van der Waals surface area (Å²) >= 11 is 3.75. The van der Waals surface area contributed by atoms with Gasteiger partial charge in [-0.1, -0.05) is 285 Å². The molecule has 0 fully saturated rings. The first-order chi connectivity index (χ1) is 65.4. The molecule has 0 aliphatic rings. The first kappa shape index (κ1) is 74.2. The molecule has 9 aromatic heterocycles. The minimum absolute atomic E-state index is 0.915. The Morgan fingerprint density at radius 1 is 0.182 bits per heavy atom. The molecule has 612 valence electrons. The van der Waals surface area contributed by atoms with E-state index in [-0.39, 0.29) is 0 Å². The number of nitrogens with zero attached hydrogens (tertiary/aromatic N) is 6. The maximum absolute atomic E-state index is 6.38. The molecule has 0 saturated heterocycles. The number of furan rings is 1. The van der Waals surface area contributed by atoms with Gasteiger partial charge in [-0.05, 0) is 261 Å². The van der Waals surface area contributed by atoms with E-state index < -0.39 is 0 Å². The van der Waals surface area contributed by atoms with Gasteiger partial charge in [0.15, 0.2) is 0 Å². The average Bonchev–Trinajstić information content (AvgIpc) is 1.51. The van der Waals surface area contributed by atoms with Gasteiger partial charge in [0.2, 0.25) is 0 Å². The summed E-state index contributed by atoms with van der Waals surface area (Å²) in [6, 6.07) is 158. The van der Waals surface area contributed by atoms with E-state index in [0.29, 0.717) is 0 Å². The summed E-state index contributed by atoms with van der Waals surface area (Å²) in [5.74, 6) is 0. The summed E-state index contributed by atoms with van der Waals surface area (Å²) in [4.78, 5) is 15.4. The van der Waals surface area contributed by atoms with Crippen molar-refractivity contribution in [2.45, 2.75) is 0 Å². The minimum atomic E-state index is 0.915. The van der Waals surface area contributed by atoms with E-state index in [1.54, 1.807) is 0 Å². The molecule has 0 bridgehead atoms. The normalized spacial score (nSPS) is 12.1. The Balaban J connectivity index is 0.0000000991. The quantitative estimate of drug-likeness (QED) is 0.123. The smallest absolute Gasteiger partial charge is 0.146 e. The van der Waals surface area contributed by atoms with Gasteiger partial charge >= 0.3 is 0 Å². The van der Waals surface area contributed by atoms with Crippen LogP contribution in [0, 0.1) is 0 Å². The molecule has 30 aromatic rings. The van der Waals surface area contributed by atoms with Gasteiger partial charge in [0.25, 0.3) is 0 Å². The van der Waals surface area contributed by atoms with Crippen molar-refractivity contribution in [3.8, 4) is 66.8 Å². The van der Waals surface area contributed by atoms with Crippen LogP contribution in [0.3, 0.4) is 0 Å². The molecule has 0 atom stereocenters. The van der Waals surface area contributed by atoms with Gasteiger partial charge < -0.3 is 4.42 Å². The molecule has 0 amide bonds. The van der Waals surface area contributed by atoms with Gasteiger partial charge in [-0.2, -0.15) is 0 Å². The zero-order valence-corrected chi connectivity index (χ0v) is 72.6. The van der Waals surface area contributed by atoms with Gasteiger partial charge in [0.05, 0.1) is 49.7 Å². The Bertz CT molecular complexity index is 9780. The van der Waals surface area contributed by atoms with Crippen LogP contribution in [0.25, 0.3) is 276 Å². The predicted molar refractivity (Wildman–Crippen MR) is 561 cm³/mol. The van der Waals surface area contributed by atoms with Gasteiger partial charge in [0.1, 0.15) is 28.1 Å². The number of hydrogen-bond acceptors (Lipinski definition) is 6. The number of fused-ring (bicyclic) bond motifs is 36. The Morgan fingerprint density at radius 2 is 0.508 bits per heavy atom. The zero-order chi connectivity index (χ0) is 86.3. The molecule has 7 nitrogen and oxygen atoms in total. The molecule has 0 radical (unpaired) electrons. The summed E-state index contributed by atoms with van der Waals surface area (Å²) in [5.41, 5.74) is 29.2. The number of pyridine rings is 3. The Labute approximate surface area is 762 Å². The second-order valence-electron chi connectivity index (χ2n) is 34.8. The predicted octanol–water partition coefficient (Wildman–Crippen LogP) is 34.5. The van der Waals surface area contributed by atoms with Gasteiger partial charge in [-0.3, -0.25) is 13.2 Å².